The highest BCUT2D eigenvalue weighted by Gasteiger charge is 2.33. The highest BCUT2D eigenvalue weighted by atomic mass is 35.5. The number of fused-ring (bicyclic) bond motifs is 1. The third kappa shape index (κ3) is 7.52. The second-order valence-corrected chi connectivity index (χ2v) is 8.22. The van der Waals surface area contributed by atoms with Gasteiger partial charge in [0.25, 0.3) is 5.91 Å². The number of nitrogens with two attached hydrogens (primary N) is 2. The summed E-state index contributed by atoms with van der Waals surface area (Å²) in [6.07, 6.45) is 4.54. The van der Waals surface area contributed by atoms with Gasteiger partial charge in [-0.05, 0) is 23.7 Å². The van der Waals surface area contributed by atoms with Gasteiger partial charge in [-0.15, -0.1) is 0 Å². The number of amides is 1. The van der Waals surface area contributed by atoms with Crippen LogP contribution in [0.15, 0.2) is 30.3 Å². The van der Waals surface area contributed by atoms with E-state index in [4.69, 9.17) is 34.7 Å². The number of nitrogen functional groups attached to an aromatic ring is 1. The summed E-state index contributed by atoms with van der Waals surface area (Å²) in [4.78, 5) is 14.2. The highest BCUT2D eigenvalue weighted by Crippen LogP contribution is 2.31. The number of rotatable bonds is 1. The minimum absolute atomic E-state index is 0.0907. The van der Waals surface area contributed by atoms with Gasteiger partial charge in [0.1, 0.15) is 15.6 Å². The van der Waals surface area contributed by atoms with Gasteiger partial charge in [0.15, 0.2) is 5.15 Å². The molecule has 5 nitrogen and oxygen atoms in total. The first kappa shape index (κ1) is 25.2. The van der Waals surface area contributed by atoms with Crippen LogP contribution in [-0.4, -0.2) is 15.3 Å². The van der Waals surface area contributed by atoms with Crippen molar-refractivity contribution in [2.75, 3.05) is 5.73 Å². The third-order valence-electron chi connectivity index (χ3n) is 4.36. The van der Waals surface area contributed by atoms with Gasteiger partial charge in [-0.3, -0.25) is 4.79 Å². The number of halogens is 5. The molecule has 0 saturated heterocycles. The van der Waals surface area contributed by atoms with Crippen molar-refractivity contribution in [2.24, 2.45) is 5.73 Å². The van der Waals surface area contributed by atoms with E-state index in [1.807, 2.05) is 0 Å². The quantitative estimate of drug-likeness (QED) is 0.393. The standard InChI is InChI=1S/C10H7F3N2.C6H12.C4H2Cl2N2OS/c11-10(12,13)9-5-7(14)6-3-1-2-4-8(6)15-9;1-2-4-6-5-3-1;5-1-2(4(7)9)10-8-3(1)6/h1-5H,(H2,14,15);1-6H2;(H2,7,9). The largest absolute Gasteiger partial charge is 0.433 e. The molecule has 1 aliphatic carbocycles. The molecule has 1 aliphatic rings. The molecule has 0 unspecified atom stereocenters. The zero-order valence-corrected chi connectivity index (χ0v) is 18.7. The zero-order valence-electron chi connectivity index (χ0n) is 16.4. The number of pyridine rings is 1. The van der Waals surface area contributed by atoms with Crippen LogP contribution in [-0.2, 0) is 6.18 Å². The molecule has 1 saturated carbocycles. The average molecular weight is 493 g/mol. The molecule has 1 aromatic carbocycles. The molecule has 0 aliphatic heterocycles. The molecule has 2 aromatic heterocycles. The Morgan fingerprint density at radius 2 is 1.58 bits per heavy atom. The van der Waals surface area contributed by atoms with Crippen LogP contribution >= 0.6 is 34.7 Å². The van der Waals surface area contributed by atoms with E-state index in [1.165, 1.54) is 44.6 Å². The van der Waals surface area contributed by atoms with Crippen LogP contribution in [0.1, 0.15) is 53.9 Å². The van der Waals surface area contributed by atoms with E-state index < -0.39 is 17.8 Å². The number of anilines is 1. The fourth-order valence-corrected chi connectivity index (χ4v) is 3.89. The maximum absolute atomic E-state index is 12.4. The van der Waals surface area contributed by atoms with Crippen molar-refractivity contribution in [3.8, 4) is 0 Å². The number of carbonyl (C=O) groups excluding carboxylic acids is 1. The number of para-hydroxylation sites is 1. The normalized spacial score (nSPS) is 13.6. The van der Waals surface area contributed by atoms with Crippen molar-refractivity contribution in [1.29, 1.82) is 0 Å². The van der Waals surface area contributed by atoms with E-state index in [0.717, 1.165) is 17.6 Å². The van der Waals surface area contributed by atoms with Crippen molar-refractivity contribution >= 4 is 57.2 Å². The smallest absolute Gasteiger partial charge is 0.398 e. The van der Waals surface area contributed by atoms with Crippen molar-refractivity contribution < 1.29 is 18.0 Å². The lowest BCUT2D eigenvalue weighted by Crippen LogP contribution is -2.08. The lowest BCUT2D eigenvalue weighted by atomic mass is 10.0. The molecular formula is C20H21Cl2F3N4OS. The Labute approximate surface area is 191 Å². The summed E-state index contributed by atoms with van der Waals surface area (Å²) in [5.41, 5.74) is 9.82. The van der Waals surface area contributed by atoms with Gasteiger partial charge in [-0.2, -0.15) is 17.5 Å². The van der Waals surface area contributed by atoms with Crippen LogP contribution in [0.2, 0.25) is 10.2 Å². The molecule has 31 heavy (non-hydrogen) atoms. The number of hydrogen-bond acceptors (Lipinski definition) is 5. The van der Waals surface area contributed by atoms with Gasteiger partial charge in [0, 0.05) is 11.1 Å². The summed E-state index contributed by atoms with van der Waals surface area (Å²) in [5.74, 6) is -0.602. The monoisotopic (exact) mass is 492 g/mol. The number of aromatic nitrogens is 2. The number of carbonyl (C=O) groups is 1. The number of alkyl halides is 3. The number of hydrogen-bond donors (Lipinski definition) is 2. The van der Waals surface area contributed by atoms with Crippen molar-refractivity contribution in [3.05, 3.63) is 51.1 Å². The van der Waals surface area contributed by atoms with Gasteiger partial charge < -0.3 is 11.5 Å². The van der Waals surface area contributed by atoms with E-state index in [1.54, 1.807) is 18.2 Å². The Morgan fingerprint density at radius 1 is 1.03 bits per heavy atom. The molecule has 0 bridgehead atoms. The van der Waals surface area contributed by atoms with Gasteiger partial charge in [0.05, 0.1) is 5.52 Å². The fraction of sp³-hybridized carbons (Fsp3) is 0.350. The molecule has 11 heteroatoms. The highest BCUT2D eigenvalue weighted by molar-refractivity contribution is 7.09. The maximum Gasteiger partial charge on any atom is 0.433 e. The number of benzene rings is 1. The summed E-state index contributed by atoms with van der Waals surface area (Å²) in [7, 11) is 0. The Hall–Kier alpha value is -2.10. The Balaban J connectivity index is 0.000000183. The van der Waals surface area contributed by atoms with Crippen molar-refractivity contribution in [2.45, 2.75) is 44.7 Å². The first-order chi connectivity index (χ1) is 14.6. The topological polar surface area (TPSA) is 94.9 Å². The lowest BCUT2D eigenvalue weighted by Gasteiger charge is -2.08. The van der Waals surface area contributed by atoms with E-state index in [0.29, 0.717) is 5.39 Å². The molecule has 0 radical (unpaired) electrons. The molecular weight excluding hydrogens is 472 g/mol. The maximum atomic E-state index is 12.4. The summed E-state index contributed by atoms with van der Waals surface area (Å²) < 4.78 is 40.7. The second-order valence-electron chi connectivity index (χ2n) is 6.71. The summed E-state index contributed by atoms with van der Waals surface area (Å²) in [6, 6.07) is 7.31. The first-order valence-electron chi connectivity index (χ1n) is 9.44. The van der Waals surface area contributed by atoms with Gasteiger partial charge in [-0.25, -0.2) is 4.98 Å². The predicted molar refractivity (Wildman–Crippen MR) is 120 cm³/mol. The van der Waals surface area contributed by atoms with Crippen LogP contribution in [0.4, 0.5) is 18.9 Å². The Bertz CT molecular complexity index is 1010. The molecule has 4 N–H and O–H groups in total. The summed E-state index contributed by atoms with van der Waals surface area (Å²) >= 11 is 11.8. The summed E-state index contributed by atoms with van der Waals surface area (Å²) in [5, 5.41) is 0.796. The minimum Gasteiger partial charge on any atom is -0.398 e. The van der Waals surface area contributed by atoms with Crippen molar-refractivity contribution in [1.82, 2.24) is 9.36 Å². The second kappa shape index (κ2) is 11.5. The molecule has 2 heterocycles. The molecule has 4 rings (SSSR count). The zero-order chi connectivity index (χ0) is 23.0. The summed E-state index contributed by atoms with van der Waals surface area (Å²) in [6.45, 7) is 0. The molecule has 168 valence electrons. The van der Waals surface area contributed by atoms with E-state index >= 15 is 0 Å². The Kier molecular flexibility index (Phi) is 9.33. The lowest BCUT2D eigenvalue weighted by molar-refractivity contribution is -0.140. The van der Waals surface area contributed by atoms with Gasteiger partial charge in [0.2, 0.25) is 0 Å². The third-order valence-corrected chi connectivity index (χ3v) is 6.17. The van der Waals surface area contributed by atoms with Crippen molar-refractivity contribution in [3.63, 3.8) is 0 Å². The average Bonchev–Trinajstić information content (AvgIpc) is 3.08. The fourth-order valence-electron chi connectivity index (χ4n) is 2.82. The SMILES string of the molecule is C1CCCCC1.NC(=O)c1snc(Cl)c1Cl.Nc1cc(C(F)(F)F)nc2ccccc12. The number of primary amides is 1. The van der Waals surface area contributed by atoms with Gasteiger partial charge in [-0.1, -0.05) is 79.9 Å². The molecule has 0 atom stereocenters. The predicted octanol–water partition coefficient (Wildman–Crippen LogP) is 6.73. The first-order valence-corrected chi connectivity index (χ1v) is 11.0. The Morgan fingerprint density at radius 3 is 2.00 bits per heavy atom. The molecule has 1 amide bonds. The van der Waals surface area contributed by atoms with E-state index in [2.05, 4.69) is 9.36 Å². The molecule has 0 spiro atoms. The van der Waals surface area contributed by atoms with Gasteiger partial charge >= 0.3 is 6.18 Å². The molecule has 3 aromatic rings. The van der Waals surface area contributed by atoms with Crippen LogP contribution in [0, 0.1) is 0 Å². The van der Waals surface area contributed by atoms with E-state index in [9.17, 15) is 18.0 Å². The van der Waals surface area contributed by atoms with E-state index in [-0.39, 0.29) is 26.3 Å². The number of nitrogens with zero attached hydrogens (tertiary/aromatic N) is 2. The van der Waals surface area contributed by atoms with Crippen LogP contribution in [0.25, 0.3) is 10.9 Å². The van der Waals surface area contributed by atoms with Crippen LogP contribution < -0.4 is 11.5 Å². The molecule has 1 fully saturated rings. The minimum atomic E-state index is -4.46. The van der Waals surface area contributed by atoms with Crippen LogP contribution in [0.3, 0.4) is 0 Å². The van der Waals surface area contributed by atoms with Crippen LogP contribution in [0.5, 0.6) is 0 Å².